The highest BCUT2D eigenvalue weighted by Crippen LogP contribution is 2.42. The molecule has 2 fully saturated rings. The maximum atomic E-state index is 12.6. The summed E-state index contributed by atoms with van der Waals surface area (Å²) in [6.07, 6.45) is 1.74. The topological polar surface area (TPSA) is 108 Å². The molecule has 1 atom stereocenters. The maximum absolute atomic E-state index is 12.6. The molecule has 0 radical (unpaired) electrons. The molecule has 1 saturated carbocycles. The van der Waals surface area contributed by atoms with E-state index in [1.807, 2.05) is 36.4 Å². The van der Waals surface area contributed by atoms with Crippen LogP contribution in [0.15, 0.2) is 53.4 Å². The lowest BCUT2D eigenvalue weighted by Gasteiger charge is -2.20. The van der Waals surface area contributed by atoms with Gasteiger partial charge in [-0.05, 0) is 67.6 Å². The van der Waals surface area contributed by atoms with Gasteiger partial charge in [-0.2, -0.15) is 0 Å². The Morgan fingerprint density at radius 1 is 1.09 bits per heavy atom. The van der Waals surface area contributed by atoms with Crippen molar-refractivity contribution < 1.29 is 19.2 Å². The summed E-state index contributed by atoms with van der Waals surface area (Å²) in [5.41, 5.74) is 5.03. The Hall–Kier alpha value is -3.04. The van der Waals surface area contributed by atoms with Crippen LogP contribution in [0.1, 0.15) is 35.7 Å². The number of thioether (sulfide) groups is 1. The number of carbonyl (C=O) groups is 4. The van der Waals surface area contributed by atoms with Crippen LogP contribution in [-0.4, -0.2) is 40.7 Å². The molecule has 2 aromatic rings. The lowest BCUT2D eigenvalue weighted by atomic mass is 9.96. The summed E-state index contributed by atoms with van der Waals surface area (Å²) in [7, 11) is 0. The summed E-state index contributed by atoms with van der Waals surface area (Å²) in [6.45, 7) is 1.22. The third-order valence-electron chi connectivity index (χ3n) is 5.75. The molecule has 1 saturated heterocycles. The van der Waals surface area contributed by atoms with Gasteiger partial charge in [0.05, 0.1) is 0 Å². The van der Waals surface area contributed by atoms with E-state index >= 15 is 0 Å². The molecule has 8 nitrogen and oxygen atoms in total. The first-order chi connectivity index (χ1) is 15.8. The molecule has 1 unspecified atom stereocenters. The molecule has 0 spiro atoms. The number of carbonyl (C=O) groups excluding carboxylic acids is 4. The van der Waals surface area contributed by atoms with Crippen LogP contribution in [0.5, 0.6) is 0 Å². The number of nitrogens with one attached hydrogen (secondary N) is 3. The molecule has 0 bridgehead atoms. The van der Waals surface area contributed by atoms with Crippen LogP contribution in [-0.2, 0) is 15.3 Å². The Kier molecular flexibility index (Phi) is 6.62. The van der Waals surface area contributed by atoms with Gasteiger partial charge in [-0.15, -0.1) is 11.8 Å². The van der Waals surface area contributed by atoms with Crippen molar-refractivity contribution in [3.8, 4) is 0 Å². The maximum Gasteiger partial charge on any atom is 0.325 e. The molecule has 2 aliphatic rings. The van der Waals surface area contributed by atoms with Crippen molar-refractivity contribution in [3.63, 3.8) is 0 Å². The van der Waals surface area contributed by atoms with Crippen molar-refractivity contribution in [2.45, 2.75) is 36.0 Å². The highest BCUT2D eigenvalue weighted by atomic mass is 35.5. The van der Waals surface area contributed by atoms with Crippen LogP contribution in [0.3, 0.4) is 0 Å². The number of hydrazine groups is 1. The highest BCUT2D eigenvalue weighted by Gasteiger charge is 2.56. The minimum Gasteiger partial charge on any atom is -0.323 e. The van der Waals surface area contributed by atoms with Crippen LogP contribution >= 0.6 is 23.4 Å². The molecule has 5 amide bonds. The van der Waals surface area contributed by atoms with Gasteiger partial charge in [0, 0.05) is 21.2 Å². The number of halogens is 1. The molecule has 4 rings (SSSR count). The van der Waals surface area contributed by atoms with Gasteiger partial charge in [0.1, 0.15) is 12.1 Å². The summed E-state index contributed by atoms with van der Waals surface area (Å²) in [5, 5.41) is 3.37. The number of rotatable bonds is 7. The first-order valence-electron chi connectivity index (χ1n) is 10.5. The van der Waals surface area contributed by atoms with E-state index in [4.69, 9.17) is 11.6 Å². The fourth-order valence-corrected chi connectivity index (χ4v) is 4.61. The van der Waals surface area contributed by atoms with Crippen LogP contribution in [0.2, 0.25) is 5.02 Å². The molecule has 172 valence electrons. The standard InChI is InChI=1S/C23H23ClN4O4S/c1-23(16-6-7-16)21(31)28(22(32)25-23)12-19(29)26-27-20(30)15-4-2-14(3-5-15)13-33-18-10-8-17(24)9-11-18/h2-5,8-11,16H,6-7,12-13H2,1H3,(H,25,32)(H,26,29)(H,27,30). The summed E-state index contributed by atoms with van der Waals surface area (Å²) in [5.74, 6) is -0.743. The number of imide groups is 1. The Morgan fingerprint density at radius 3 is 2.39 bits per heavy atom. The number of benzene rings is 2. The van der Waals surface area contributed by atoms with Gasteiger partial charge in [-0.1, -0.05) is 23.7 Å². The predicted octanol–water partition coefficient (Wildman–Crippen LogP) is 3.11. The summed E-state index contributed by atoms with van der Waals surface area (Å²) in [4.78, 5) is 51.2. The van der Waals surface area contributed by atoms with E-state index < -0.39 is 35.8 Å². The van der Waals surface area contributed by atoms with Crippen molar-refractivity contribution in [1.29, 1.82) is 0 Å². The molecular formula is C23H23ClN4O4S. The first-order valence-corrected chi connectivity index (χ1v) is 11.8. The molecule has 33 heavy (non-hydrogen) atoms. The fourth-order valence-electron chi connectivity index (χ4n) is 3.63. The SMILES string of the molecule is CC1(C2CC2)NC(=O)N(CC(=O)NNC(=O)c2ccc(CSc3ccc(Cl)cc3)cc2)C1=O. The van der Waals surface area contributed by atoms with E-state index in [-0.39, 0.29) is 5.92 Å². The quantitative estimate of drug-likeness (QED) is 0.316. The van der Waals surface area contributed by atoms with Crippen LogP contribution in [0.25, 0.3) is 0 Å². The van der Waals surface area contributed by atoms with Gasteiger partial charge >= 0.3 is 6.03 Å². The summed E-state index contributed by atoms with van der Waals surface area (Å²) in [6, 6.07) is 14.0. The normalized spacial score (nSPS) is 19.9. The van der Waals surface area contributed by atoms with Gasteiger partial charge in [-0.3, -0.25) is 30.1 Å². The molecule has 1 aliphatic carbocycles. The number of hydrogen-bond acceptors (Lipinski definition) is 5. The fraction of sp³-hybridized carbons (Fsp3) is 0.304. The van der Waals surface area contributed by atoms with Gasteiger partial charge in [-0.25, -0.2) is 4.79 Å². The molecule has 0 aromatic heterocycles. The van der Waals surface area contributed by atoms with E-state index in [1.54, 1.807) is 30.8 Å². The second kappa shape index (κ2) is 9.44. The van der Waals surface area contributed by atoms with E-state index in [1.165, 1.54) is 0 Å². The van der Waals surface area contributed by atoms with Crippen LogP contribution in [0, 0.1) is 5.92 Å². The second-order valence-corrected chi connectivity index (χ2v) is 9.73. The predicted molar refractivity (Wildman–Crippen MR) is 124 cm³/mol. The number of urea groups is 1. The van der Waals surface area contributed by atoms with E-state index in [0.29, 0.717) is 10.6 Å². The van der Waals surface area contributed by atoms with Crippen molar-refractivity contribution in [2.75, 3.05) is 6.54 Å². The average Bonchev–Trinajstić information content (AvgIpc) is 3.63. The van der Waals surface area contributed by atoms with Gasteiger partial charge < -0.3 is 5.32 Å². The summed E-state index contributed by atoms with van der Waals surface area (Å²) >= 11 is 7.54. The van der Waals surface area contributed by atoms with Gasteiger partial charge in [0.2, 0.25) is 0 Å². The zero-order valence-electron chi connectivity index (χ0n) is 17.9. The molecule has 1 aliphatic heterocycles. The minimum absolute atomic E-state index is 0.106. The zero-order chi connectivity index (χ0) is 23.6. The Balaban J connectivity index is 1.24. The molecular weight excluding hydrogens is 464 g/mol. The lowest BCUT2D eigenvalue weighted by molar-refractivity contribution is -0.135. The van der Waals surface area contributed by atoms with Crippen LogP contribution in [0.4, 0.5) is 4.79 Å². The third-order valence-corrected chi connectivity index (χ3v) is 7.08. The van der Waals surface area contributed by atoms with Crippen molar-refractivity contribution >= 4 is 47.1 Å². The zero-order valence-corrected chi connectivity index (χ0v) is 19.5. The molecule has 1 heterocycles. The number of hydrogen-bond donors (Lipinski definition) is 3. The molecule has 2 aromatic carbocycles. The van der Waals surface area contributed by atoms with Crippen molar-refractivity contribution in [1.82, 2.24) is 21.1 Å². The highest BCUT2D eigenvalue weighted by molar-refractivity contribution is 7.98. The third kappa shape index (κ3) is 5.31. The van der Waals surface area contributed by atoms with E-state index in [0.717, 1.165) is 34.0 Å². The van der Waals surface area contributed by atoms with E-state index in [9.17, 15) is 19.2 Å². The second-order valence-electron chi connectivity index (χ2n) is 8.24. The smallest absolute Gasteiger partial charge is 0.323 e. The Bertz CT molecular complexity index is 1090. The molecule has 3 N–H and O–H groups in total. The monoisotopic (exact) mass is 486 g/mol. The van der Waals surface area contributed by atoms with Gasteiger partial charge in [0.25, 0.3) is 17.7 Å². The number of amides is 5. The largest absolute Gasteiger partial charge is 0.325 e. The Morgan fingerprint density at radius 2 is 1.76 bits per heavy atom. The lowest BCUT2D eigenvalue weighted by Crippen LogP contribution is -2.49. The molecule has 10 heteroatoms. The van der Waals surface area contributed by atoms with E-state index in [2.05, 4.69) is 16.2 Å². The number of nitrogens with zero attached hydrogens (tertiary/aromatic N) is 1. The average molecular weight is 487 g/mol. The summed E-state index contributed by atoms with van der Waals surface area (Å²) < 4.78 is 0. The van der Waals surface area contributed by atoms with Crippen LogP contribution < -0.4 is 16.2 Å². The van der Waals surface area contributed by atoms with Gasteiger partial charge in [0.15, 0.2) is 0 Å². The van der Waals surface area contributed by atoms with Crippen molar-refractivity contribution in [3.05, 3.63) is 64.7 Å². The minimum atomic E-state index is -0.950. The Labute approximate surface area is 200 Å². The van der Waals surface area contributed by atoms with Crippen molar-refractivity contribution in [2.24, 2.45) is 5.92 Å². The first kappa shape index (κ1) is 23.1.